The Morgan fingerprint density at radius 2 is 2.16 bits per heavy atom. The number of hydrogen-bond donors (Lipinski definition) is 1. The van der Waals surface area contributed by atoms with Crippen molar-refractivity contribution in [2.75, 3.05) is 6.54 Å². The van der Waals surface area contributed by atoms with Gasteiger partial charge in [0.2, 0.25) is 5.91 Å². The van der Waals surface area contributed by atoms with Crippen molar-refractivity contribution < 1.29 is 19.4 Å². The predicted molar refractivity (Wildman–Crippen MR) is 65.3 cm³/mol. The molecule has 0 aromatic carbocycles. The summed E-state index contributed by atoms with van der Waals surface area (Å²) in [5, 5.41) is 9.36. The third-order valence-electron chi connectivity index (χ3n) is 5.18. The molecule has 1 aliphatic carbocycles. The molecule has 4 rings (SSSR count). The Morgan fingerprint density at radius 1 is 1.42 bits per heavy atom. The van der Waals surface area contributed by atoms with Gasteiger partial charge in [-0.25, -0.2) is 0 Å². The minimum atomic E-state index is -0.914. The molecule has 5 nitrogen and oxygen atoms in total. The summed E-state index contributed by atoms with van der Waals surface area (Å²) in [5.41, 5.74) is -0.659. The smallest absolute Gasteiger partial charge is 0.310 e. The van der Waals surface area contributed by atoms with Crippen molar-refractivity contribution in [1.82, 2.24) is 4.90 Å². The van der Waals surface area contributed by atoms with Gasteiger partial charge in [0.1, 0.15) is 11.5 Å². The Kier molecular flexibility index (Phi) is 2.17. The number of aliphatic carboxylic acids is 1. The maximum absolute atomic E-state index is 12.6. The van der Waals surface area contributed by atoms with Crippen molar-refractivity contribution >= 4 is 11.9 Å². The Labute approximate surface area is 111 Å². The van der Waals surface area contributed by atoms with Crippen LogP contribution in [0.3, 0.4) is 0 Å². The minimum Gasteiger partial charge on any atom is -0.481 e. The molecule has 0 aromatic rings. The molecule has 102 valence electrons. The number of hydrogen-bond acceptors (Lipinski definition) is 3. The van der Waals surface area contributed by atoms with Gasteiger partial charge >= 0.3 is 5.97 Å². The van der Waals surface area contributed by atoms with Crippen LogP contribution in [0, 0.1) is 11.8 Å². The maximum atomic E-state index is 12.6. The molecule has 2 saturated heterocycles. The zero-order chi connectivity index (χ0) is 13.2. The van der Waals surface area contributed by atoms with Crippen LogP contribution in [0.5, 0.6) is 0 Å². The van der Waals surface area contributed by atoms with E-state index in [4.69, 9.17) is 4.74 Å². The average molecular weight is 263 g/mol. The Morgan fingerprint density at radius 3 is 2.84 bits per heavy atom. The van der Waals surface area contributed by atoms with E-state index in [0.29, 0.717) is 6.54 Å². The van der Waals surface area contributed by atoms with Crippen LogP contribution in [-0.4, -0.2) is 46.2 Å². The topological polar surface area (TPSA) is 66.8 Å². The molecule has 1 spiro atoms. The van der Waals surface area contributed by atoms with Crippen LogP contribution in [0.2, 0.25) is 0 Å². The van der Waals surface area contributed by atoms with Gasteiger partial charge in [0.15, 0.2) is 0 Å². The van der Waals surface area contributed by atoms with E-state index >= 15 is 0 Å². The molecular formula is C14H17NO4. The highest BCUT2D eigenvalue weighted by molar-refractivity contribution is 5.91. The first-order valence-corrected chi connectivity index (χ1v) is 7.03. The number of likely N-dealkylation sites (tertiary alicyclic amines) is 1. The van der Waals surface area contributed by atoms with Gasteiger partial charge in [-0.15, -0.1) is 0 Å². The number of carbonyl (C=O) groups excluding carboxylic acids is 1. The van der Waals surface area contributed by atoms with Crippen molar-refractivity contribution in [3.8, 4) is 0 Å². The quantitative estimate of drug-likeness (QED) is 0.748. The van der Waals surface area contributed by atoms with Crippen LogP contribution in [-0.2, 0) is 14.3 Å². The summed E-state index contributed by atoms with van der Waals surface area (Å²) in [6.45, 7) is 0.540. The van der Waals surface area contributed by atoms with E-state index in [0.717, 1.165) is 25.7 Å². The van der Waals surface area contributed by atoms with E-state index in [1.807, 2.05) is 17.1 Å². The molecule has 1 saturated carbocycles. The van der Waals surface area contributed by atoms with Gasteiger partial charge in [0.25, 0.3) is 0 Å². The standard InChI is InChI=1S/C14H17NO4/c16-12-11-10(13(17)18)9-5-6-14(11,19-9)7-15(12)8-3-1-2-4-8/h5-6,8-11H,1-4,7H2,(H,17,18)/t9-,10-,11-,14-/m1/s1. The Bertz CT molecular complexity index is 482. The summed E-state index contributed by atoms with van der Waals surface area (Å²) in [7, 11) is 0. The van der Waals surface area contributed by atoms with Gasteiger partial charge in [-0.3, -0.25) is 9.59 Å². The van der Waals surface area contributed by atoms with Crippen LogP contribution in [0.1, 0.15) is 25.7 Å². The second-order valence-corrected chi connectivity index (χ2v) is 6.14. The monoisotopic (exact) mass is 263 g/mol. The molecule has 3 aliphatic heterocycles. The molecule has 5 heteroatoms. The Balaban J connectivity index is 1.69. The van der Waals surface area contributed by atoms with E-state index in [1.165, 1.54) is 0 Å². The summed E-state index contributed by atoms with van der Waals surface area (Å²) in [4.78, 5) is 25.9. The fourth-order valence-electron chi connectivity index (χ4n) is 4.34. The molecule has 1 N–H and O–H groups in total. The fraction of sp³-hybridized carbons (Fsp3) is 0.714. The molecule has 4 aliphatic rings. The molecular weight excluding hydrogens is 246 g/mol. The zero-order valence-electron chi connectivity index (χ0n) is 10.6. The maximum Gasteiger partial charge on any atom is 0.310 e. The summed E-state index contributed by atoms with van der Waals surface area (Å²) < 4.78 is 5.86. The molecule has 3 fully saturated rings. The predicted octanol–water partition coefficient (Wildman–Crippen LogP) is 0.796. The van der Waals surface area contributed by atoms with Crippen LogP contribution in [0.4, 0.5) is 0 Å². The summed E-state index contributed by atoms with van der Waals surface area (Å²) >= 11 is 0. The summed E-state index contributed by atoms with van der Waals surface area (Å²) in [6.07, 6.45) is 7.73. The summed E-state index contributed by atoms with van der Waals surface area (Å²) in [5.74, 6) is -2.14. The fourth-order valence-corrected chi connectivity index (χ4v) is 4.34. The van der Waals surface area contributed by atoms with E-state index in [9.17, 15) is 14.7 Å². The highest BCUT2D eigenvalue weighted by Gasteiger charge is 2.67. The molecule has 0 aromatic heterocycles. The lowest BCUT2D eigenvalue weighted by atomic mass is 9.77. The highest BCUT2D eigenvalue weighted by Crippen LogP contribution is 2.52. The van der Waals surface area contributed by atoms with Gasteiger partial charge in [-0.2, -0.15) is 0 Å². The van der Waals surface area contributed by atoms with Crippen molar-refractivity contribution in [2.45, 2.75) is 43.4 Å². The number of ether oxygens (including phenoxy) is 1. The number of fused-ring (bicyclic) bond motifs is 1. The van der Waals surface area contributed by atoms with Crippen LogP contribution >= 0.6 is 0 Å². The zero-order valence-corrected chi connectivity index (χ0v) is 10.6. The largest absolute Gasteiger partial charge is 0.481 e. The first-order chi connectivity index (χ1) is 9.12. The van der Waals surface area contributed by atoms with Crippen LogP contribution in [0.25, 0.3) is 0 Å². The molecule has 1 amide bonds. The van der Waals surface area contributed by atoms with E-state index in [2.05, 4.69) is 0 Å². The van der Waals surface area contributed by atoms with Crippen molar-refractivity contribution in [1.29, 1.82) is 0 Å². The first kappa shape index (κ1) is 11.5. The minimum absolute atomic E-state index is 0.00819. The SMILES string of the molecule is O=C(O)[C@@H]1[C@H]2C=C[C@]3(CN(C4CCCC4)C(=O)[C@@H]13)O2. The molecule has 2 bridgehead atoms. The third kappa shape index (κ3) is 1.34. The van der Waals surface area contributed by atoms with Crippen molar-refractivity contribution in [3.05, 3.63) is 12.2 Å². The first-order valence-electron chi connectivity index (χ1n) is 7.03. The average Bonchev–Trinajstić information content (AvgIpc) is 3.09. The highest BCUT2D eigenvalue weighted by atomic mass is 16.5. The van der Waals surface area contributed by atoms with Gasteiger partial charge in [0.05, 0.1) is 18.6 Å². The van der Waals surface area contributed by atoms with Gasteiger partial charge in [-0.05, 0) is 12.8 Å². The van der Waals surface area contributed by atoms with E-state index in [-0.39, 0.29) is 11.9 Å². The second-order valence-electron chi connectivity index (χ2n) is 6.14. The molecule has 4 atom stereocenters. The number of rotatable bonds is 2. The molecule has 3 heterocycles. The number of amides is 1. The lowest BCUT2D eigenvalue weighted by Crippen LogP contribution is -2.40. The van der Waals surface area contributed by atoms with Gasteiger partial charge in [0, 0.05) is 6.04 Å². The summed E-state index contributed by atoms with van der Waals surface area (Å²) in [6, 6.07) is 0.290. The number of carboxylic acid groups (broad SMARTS) is 1. The van der Waals surface area contributed by atoms with E-state index < -0.39 is 29.5 Å². The van der Waals surface area contributed by atoms with Crippen molar-refractivity contribution in [3.63, 3.8) is 0 Å². The lowest BCUT2D eigenvalue weighted by Gasteiger charge is -2.26. The van der Waals surface area contributed by atoms with Gasteiger partial charge < -0.3 is 14.7 Å². The normalized spacial score (nSPS) is 44.3. The lowest BCUT2D eigenvalue weighted by molar-refractivity contribution is -0.148. The molecule has 0 radical (unpaired) electrons. The van der Waals surface area contributed by atoms with Crippen molar-refractivity contribution in [2.24, 2.45) is 11.8 Å². The van der Waals surface area contributed by atoms with E-state index in [1.54, 1.807) is 0 Å². The second kappa shape index (κ2) is 3.60. The number of carboxylic acids is 1. The molecule has 0 unspecified atom stereocenters. The number of carbonyl (C=O) groups is 2. The van der Waals surface area contributed by atoms with Gasteiger partial charge in [-0.1, -0.05) is 25.0 Å². The molecule has 19 heavy (non-hydrogen) atoms. The third-order valence-corrected chi connectivity index (χ3v) is 5.18. The van der Waals surface area contributed by atoms with Crippen LogP contribution < -0.4 is 0 Å². The van der Waals surface area contributed by atoms with Crippen LogP contribution in [0.15, 0.2) is 12.2 Å². The number of nitrogens with zero attached hydrogens (tertiary/aromatic N) is 1. The Hall–Kier alpha value is -1.36.